The van der Waals surface area contributed by atoms with E-state index in [1.54, 1.807) is 11.8 Å². The monoisotopic (exact) mass is 317 g/mol. The third kappa shape index (κ3) is 14.5. The lowest BCUT2D eigenvalue weighted by atomic mass is 10.1. The number of carboxylic acid groups (broad SMARTS) is 1. The van der Waals surface area contributed by atoms with Crippen molar-refractivity contribution in [2.24, 2.45) is 0 Å². The molecule has 0 aromatic carbocycles. The Morgan fingerprint density at radius 2 is 1.52 bits per heavy atom. The first kappa shape index (κ1) is 20.8. The summed E-state index contributed by atoms with van der Waals surface area (Å²) in [5, 5.41) is 12.3. The quantitative estimate of drug-likeness (QED) is 0.405. The van der Waals surface area contributed by atoms with E-state index in [1.165, 1.54) is 57.8 Å². The van der Waals surface area contributed by atoms with Crippen LogP contribution in [-0.4, -0.2) is 35.7 Å². The van der Waals surface area contributed by atoms with Gasteiger partial charge in [0.2, 0.25) is 0 Å². The zero-order valence-corrected chi connectivity index (χ0v) is 14.8. The van der Waals surface area contributed by atoms with Crippen LogP contribution in [0.2, 0.25) is 0 Å². The molecule has 0 saturated heterocycles. The Labute approximate surface area is 135 Å². The molecule has 0 bridgehead atoms. The second-order valence-corrected chi connectivity index (χ2v) is 6.79. The van der Waals surface area contributed by atoms with Crippen molar-refractivity contribution < 1.29 is 9.90 Å². The Morgan fingerprint density at radius 1 is 1.00 bits per heavy atom. The van der Waals surface area contributed by atoms with Crippen LogP contribution in [0, 0.1) is 0 Å². The highest BCUT2D eigenvalue weighted by molar-refractivity contribution is 7.98. The summed E-state index contributed by atoms with van der Waals surface area (Å²) in [6.45, 7) is 3.09. The summed E-state index contributed by atoms with van der Waals surface area (Å²) in [5.74, 6) is 0.193. The van der Waals surface area contributed by atoms with Gasteiger partial charge < -0.3 is 10.4 Å². The molecular weight excluding hydrogens is 282 g/mol. The van der Waals surface area contributed by atoms with Gasteiger partial charge in [-0.15, -0.1) is 0 Å². The molecule has 1 atom stereocenters. The number of hydrogen-bond acceptors (Lipinski definition) is 3. The molecule has 0 fully saturated rings. The van der Waals surface area contributed by atoms with E-state index in [4.69, 9.17) is 5.11 Å². The molecule has 0 radical (unpaired) electrons. The van der Waals surface area contributed by atoms with Gasteiger partial charge in [-0.1, -0.05) is 64.7 Å². The number of carbonyl (C=O) groups is 1. The standard InChI is InChI=1S/C17H35NO2S/c1-3-4-5-6-7-8-9-10-11-12-14-18-16(17(19)20)13-15-21-2/h16,18H,3-15H2,1-2H3,(H,19,20). The molecule has 0 aromatic heterocycles. The number of unbranched alkanes of at least 4 members (excludes halogenated alkanes) is 9. The summed E-state index contributed by atoms with van der Waals surface area (Å²) in [4.78, 5) is 11.0. The van der Waals surface area contributed by atoms with E-state index in [2.05, 4.69) is 12.2 Å². The molecule has 0 heterocycles. The molecule has 0 aromatic rings. The lowest BCUT2D eigenvalue weighted by Crippen LogP contribution is -2.37. The van der Waals surface area contributed by atoms with Crippen molar-refractivity contribution in [1.29, 1.82) is 0 Å². The van der Waals surface area contributed by atoms with Gasteiger partial charge >= 0.3 is 5.97 Å². The number of hydrogen-bond donors (Lipinski definition) is 2. The Kier molecular flexibility index (Phi) is 16.0. The number of thioether (sulfide) groups is 1. The van der Waals surface area contributed by atoms with Crippen molar-refractivity contribution in [2.45, 2.75) is 83.6 Å². The third-order valence-corrected chi connectivity index (χ3v) is 4.47. The minimum atomic E-state index is -0.712. The van der Waals surface area contributed by atoms with Crippen molar-refractivity contribution in [3.8, 4) is 0 Å². The highest BCUT2D eigenvalue weighted by Crippen LogP contribution is 2.10. The summed E-state index contributed by atoms with van der Waals surface area (Å²) < 4.78 is 0. The van der Waals surface area contributed by atoms with Gasteiger partial charge in [0, 0.05) is 0 Å². The molecule has 2 N–H and O–H groups in total. The summed E-state index contributed by atoms with van der Waals surface area (Å²) in [6, 6.07) is -0.365. The first-order chi connectivity index (χ1) is 10.2. The average molecular weight is 318 g/mol. The maximum absolute atomic E-state index is 11.0. The molecule has 0 aliphatic rings. The van der Waals surface area contributed by atoms with Crippen molar-refractivity contribution in [3.05, 3.63) is 0 Å². The van der Waals surface area contributed by atoms with Gasteiger partial charge in [0.05, 0.1) is 0 Å². The van der Waals surface area contributed by atoms with Gasteiger partial charge in [0.1, 0.15) is 6.04 Å². The molecule has 21 heavy (non-hydrogen) atoms. The van der Waals surface area contributed by atoms with Gasteiger partial charge in [0.15, 0.2) is 0 Å². The van der Waals surface area contributed by atoms with Gasteiger partial charge in [-0.2, -0.15) is 11.8 Å². The van der Waals surface area contributed by atoms with Crippen LogP contribution in [0.1, 0.15) is 77.6 Å². The SMILES string of the molecule is CCCCCCCCCCCCNC(CCSC)C(=O)O. The molecule has 1 unspecified atom stereocenters. The molecular formula is C17H35NO2S. The average Bonchev–Trinajstić information content (AvgIpc) is 2.47. The summed E-state index contributed by atoms with van der Waals surface area (Å²) in [7, 11) is 0. The molecule has 0 amide bonds. The van der Waals surface area contributed by atoms with E-state index in [1.807, 2.05) is 6.26 Å². The molecule has 0 spiro atoms. The van der Waals surface area contributed by atoms with Crippen LogP contribution in [-0.2, 0) is 4.79 Å². The van der Waals surface area contributed by atoms with Gasteiger partial charge in [-0.05, 0) is 31.4 Å². The van der Waals surface area contributed by atoms with E-state index in [9.17, 15) is 4.79 Å². The highest BCUT2D eigenvalue weighted by atomic mass is 32.2. The van der Waals surface area contributed by atoms with Crippen LogP contribution in [0.25, 0.3) is 0 Å². The normalized spacial score (nSPS) is 12.5. The molecule has 3 nitrogen and oxygen atoms in total. The van der Waals surface area contributed by atoms with Crippen LogP contribution in [0.3, 0.4) is 0 Å². The van der Waals surface area contributed by atoms with E-state index < -0.39 is 5.97 Å². The second kappa shape index (κ2) is 16.2. The molecule has 0 saturated carbocycles. The van der Waals surface area contributed by atoms with Crippen LogP contribution >= 0.6 is 11.8 Å². The molecule has 4 heteroatoms. The van der Waals surface area contributed by atoms with E-state index >= 15 is 0 Å². The number of aliphatic carboxylic acids is 1. The van der Waals surface area contributed by atoms with E-state index in [0.717, 1.165) is 18.7 Å². The minimum absolute atomic E-state index is 0.365. The van der Waals surface area contributed by atoms with Crippen LogP contribution < -0.4 is 5.32 Å². The molecule has 0 aliphatic carbocycles. The lowest BCUT2D eigenvalue weighted by molar-refractivity contribution is -0.139. The summed E-state index contributed by atoms with van der Waals surface area (Å²) >= 11 is 1.70. The Morgan fingerprint density at radius 3 is 2.00 bits per heavy atom. The van der Waals surface area contributed by atoms with Gasteiger partial charge in [-0.3, -0.25) is 4.79 Å². The number of carboxylic acids is 1. The van der Waals surface area contributed by atoms with Crippen molar-refractivity contribution in [1.82, 2.24) is 5.32 Å². The topological polar surface area (TPSA) is 49.3 Å². The first-order valence-electron chi connectivity index (χ1n) is 8.67. The fourth-order valence-electron chi connectivity index (χ4n) is 2.44. The fourth-order valence-corrected chi connectivity index (χ4v) is 2.91. The smallest absolute Gasteiger partial charge is 0.320 e. The predicted octanol–water partition coefficient (Wildman–Crippen LogP) is 4.70. The largest absolute Gasteiger partial charge is 0.480 e. The van der Waals surface area contributed by atoms with E-state index in [0.29, 0.717) is 6.42 Å². The van der Waals surface area contributed by atoms with Crippen molar-refractivity contribution >= 4 is 17.7 Å². The maximum atomic E-state index is 11.0. The van der Waals surface area contributed by atoms with Crippen LogP contribution in [0.15, 0.2) is 0 Å². The summed E-state index contributed by atoms with van der Waals surface area (Å²) in [6.07, 6.45) is 15.9. The molecule has 0 rings (SSSR count). The highest BCUT2D eigenvalue weighted by Gasteiger charge is 2.15. The minimum Gasteiger partial charge on any atom is -0.480 e. The third-order valence-electron chi connectivity index (χ3n) is 3.83. The van der Waals surface area contributed by atoms with Gasteiger partial charge in [0.25, 0.3) is 0 Å². The van der Waals surface area contributed by atoms with Gasteiger partial charge in [-0.25, -0.2) is 0 Å². The Balaban J connectivity index is 3.31. The molecule has 0 aliphatic heterocycles. The summed E-state index contributed by atoms with van der Waals surface area (Å²) in [5.41, 5.74) is 0. The number of nitrogens with one attached hydrogen (secondary N) is 1. The predicted molar refractivity (Wildman–Crippen MR) is 94.3 cm³/mol. The Bertz CT molecular complexity index is 237. The zero-order valence-electron chi connectivity index (χ0n) is 14.0. The van der Waals surface area contributed by atoms with Crippen molar-refractivity contribution in [3.63, 3.8) is 0 Å². The second-order valence-electron chi connectivity index (χ2n) is 5.81. The first-order valence-corrected chi connectivity index (χ1v) is 10.1. The maximum Gasteiger partial charge on any atom is 0.320 e. The van der Waals surface area contributed by atoms with Crippen LogP contribution in [0.5, 0.6) is 0 Å². The lowest BCUT2D eigenvalue weighted by Gasteiger charge is -2.13. The van der Waals surface area contributed by atoms with E-state index in [-0.39, 0.29) is 6.04 Å². The zero-order chi connectivity index (χ0) is 15.8. The van der Waals surface area contributed by atoms with Crippen molar-refractivity contribution in [2.75, 3.05) is 18.6 Å². The Hall–Kier alpha value is -0.220. The fraction of sp³-hybridized carbons (Fsp3) is 0.941. The number of rotatable bonds is 16. The van der Waals surface area contributed by atoms with Crippen LogP contribution in [0.4, 0.5) is 0 Å². The molecule has 126 valence electrons.